The van der Waals surface area contributed by atoms with E-state index >= 15 is 0 Å². The van der Waals surface area contributed by atoms with Crippen molar-refractivity contribution >= 4 is 17.2 Å². The number of aryl methyl sites for hydroxylation is 1. The number of hydrogen-bond donors (Lipinski definition) is 1. The van der Waals surface area contributed by atoms with E-state index in [1.54, 1.807) is 11.3 Å². The lowest BCUT2D eigenvalue weighted by atomic mass is 10.1. The number of rotatable bonds is 4. The fraction of sp³-hybridized carbons (Fsp3) is 0.429. The van der Waals surface area contributed by atoms with Crippen LogP contribution in [-0.4, -0.2) is 17.0 Å². The Morgan fingerprint density at radius 3 is 2.61 bits per heavy atom. The second-order valence-corrected chi connectivity index (χ2v) is 5.69. The van der Waals surface area contributed by atoms with Crippen molar-refractivity contribution in [3.05, 3.63) is 28.8 Å². The van der Waals surface area contributed by atoms with Crippen molar-refractivity contribution in [1.29, 1.82) is 0 Å². The Balaban J connectivity index is 2.45. The zero-order valence-electron chi connectivity index (χ0n) is 11.3. The van der Waals surface area contributed by atoms with Gasteiger partial charge in [-0.05, 0) is 24.5 Å². The molecule has 0 unspecified atom stereocenters. The van der Waals surface area contributed by atoms with Crippen LogP contribution in [0.2, 0.25) is 0 Å². The summed E-state index contributed by atoms with van der Waals surface area (Å²) in [5.41, 5.74) is 1.08. The molecule has 2 aromatic heterocycles. The Morgan fingerprint density at radius 2 is 2.06 bits per heavy atom. The first-order valence-corrected chi connectivity index (χ1v) is 7.11. The molecular formula is C14H19N3S. The highest BCUT2D eigenvalue weighted by molar-refractivity contribution is 7.15. The highest BCUT2D eigenvalue weighted by Crippen LogP contribution is 2.28. The van der Waals surface area contributed by atoms with Crippen LogP contribution in [0, 0.1) is 0 Å². The smallest absolute Gasteiger partial charge is 0.171 e. The summed E-state index contributed by atoms with van der Waals surface area (Å²) in [5, 5.41) is 3.11. The molecule has 2 heterocycles. The van der Waals surface area contributed by atoms with Crippen LogP contribution in [0.25, 0.3) is 10.7 Å². The van der Waals surface area contributed by atoms with Crippen LogP contribution in [0.3, 0.4) is 0 Å². The first-order valence-electron chi connectivity index (χ1n) is 6.29. The predicted molar refractivity (Wildman–Crippen MR) is 78.4 cm³/mol. The summed E-state index contributed by atoms with van der Waals surface area (Å²) < 4.78 is 0. The van der Waals surface area contributed by atoms with Gasteiger partial charge in [0, 0.05) is 23.7 Å². The van der Waals surface area contributed by atoms with Crippen LogP contribution in [0.5, 0.6) is 0 Å². The molecule has 0 saturated carbocycles. The molecule has 0 amide bonds. The SMILES string of the molecule is CCc1ccc(-c2nc(NC)cc(C(C)C)n2)s1. The molecular weight excluding hydrogens is 242 g/mol. The molecule has 0 spiro atoms. The van der Waals surface area contributed by atoms with E-state index in [0.717, 1.165) is 28.6 Å². The van der Waals surface area contributed by atoms with E-state index in [4.69, 9.17) is 0 Å². The summed E-state index contributed by atoms with van der Waals surface area (Å²) in [6, 6.07) is 6.29. The number of nitrogens with one attached hydrogen (secondary N) is 1. The van der Waals surface area contributed by atoms with Crippen LogP contribution in [0.15, 0.2) is 18.2 Å². The molecule has 3 nitrogen and oxygen atoms in total. The van der Waals surface area contributed by atoms with Gasteiger partial charge in [0.15, 0.2) is 5.82 Å². The van der Waals surface area contributed by atoms with Crippen LogP contribution < -0.4 is 5.32 Å². The Morgan fingerprint density at radius 1 is 1.28 bits per heavy atom. The lowest BCUT2D eigenvalue weighted by Crippen LogP contribution is -2.01. The maximum absolute atomic E-state index is 4.66. The first kappa shape index (κ1) is 13.0. The molecule has 96 valence electrons. The average molecular weight is 261 g/mol. The summed E-state index contributed by atoms with van der Waals surface area (Å²) >= 11 is 1.77. The predicted octanol–water partition coefficient (Wildman–Crippen LogP) is 3.93. The van der Waals surface area contributed by atoms with Crippen LogP contribution in [-0.2, 0) is 6.42 Å². The Hall–Kier alpha value is -1.42. The molecule has 0 fully saturated rings. The molecule has 2 aromatic rings. The largest absolute Gasteiger partial charge is 0.373 e. The molecule has 4 heteroatoms. The molecule has 0 radical (unpaired) electrons. The number of hydrogen-bond acceptors (Lipinski definition) is 4. The van der Waals surface area contributed by atoms with Crippen LogP contribution >= 0.6 is 11.3 Å². The van der Waals surface area contributed by atoms with Crippen molar-refractivity contribution < 1.29 is 0 Å². The maximum atomic E-state index is 4.66. The number of thiophene rings is 1. The summed E-state index contributed by atoms with van der Waals surface area (Å²) in [6.45, 7) is 6.47. The molecule has 2 rings (SSSR count). The van der Waals surface area contributed by atoms with Gasteiger partial charge in [-0.2, -0.15) is 0 Å². The van der Waals surface area contributed by atoms with Crippen molar-refractivity contribution in [2.45, 2.75) is 33.1 Å². The van der Waals surface area contributed by atoms with Crippen molar-refractivity contribution in [2.75, 3.05) is 12.4 Å². The van der Waals surface area contributed by atoms with Crippen molar-refractivity contribution in [1.82, 2.24) is 9.97 Å². The van der Waals surface area contributed by atoms with Gasteiger partial charge >= 0.3 is 0 Å². The van der Waals surface area contributed by atoms with Gasteiger partial charge in [-0.15, -0.1) is 11.3 Å². The molecule has 0 aromatic carbocycles. The zero-order valence-corrected chi connectivity index (χ0v) is 12.1. The van der Waals surface area contributed by atoms with Gasteiger partial charge in [-0.1, -0.05) is 20.8 Å². The fourth-order valence-electron chi connectivity index (χ4n) is 1.69. The highest BCUT2D eigenvalue weighted by Gasteiger charge is 2.10. The number of aromatic nitrogens is 2. The van der Waals surface area contributed by atoms with E-state index in [1.807, 2.05) is 13.1 Å². The van der Waals surface area contributed by atoms with Crippen molar-refractivity contribution in [3.63, 3.8) is 0 Å². The molecule has 0 aliphatic rings. The second kappa shape index (κ2) is 5.48. The van der Waals surface area contributed by atoms with Crippen molar-refractivity contribution in [3.8, 4) is 10.7 Å². The monoisotopic (exact) mass is 261 g/mol. The van der Waals surface area contributed by atoms with E-state index in [2.05, 4.69) is 48.2 Å². The summed E-state index contributed by atoms with van der Waals surface area (Å²) in [7, 11) is 1.89. The topological polar surface area (TPSA) is 37.8 Å². The summed E-state index contributed by atoms with van der Waals surface area (Å²) in [4.78, 5) is 11.7. The Kier molecular flexibility index (Phi) is 3.97. The first-order chi connectivity index (χ1) is 8.63. The van der Waals surface area contributed by atoms with Gasteiger partial charge in [0.05, 0.1) is 4.88 Å². The number of nitrogens with zero attached hydrogens (tertiary/aromatic N) is 2. The molecule has 0 bridgehead atoms. The van der Waals surface area contributed by atoms with Gasteiger partial charge in [0.25, 0.3) is 0 Å². The van der Waals surface area contributed by atoms with E-state index < -0.39 is 0 Å². The van der Waals surface area contributed by atoms with E-state index in [0.29, 0.717) is 5.92 Å². The molecule has 0 aliphatic carbocycles. The van der Waals surface area contributed by atoms with Crippen LogP contribution in [0.4, 0.5) is 5.82 Å². The van der Waals surface area contributed by atoms with E-state index in [9.17, 15) is 0 Å². The summed E-state index contributed by atoms with van der Waals surface area (Å²) in [6.07, 6.45) is 1.06. The Labute approximate surface area is 112 Å². The van der Waals surface area contributed by atoms with Gasteiger partial charge in [-0.25, -0.2) is 9.97 Å². The van der Waals surface area contributed by atoms with E-state index in [1.165, 1.54) is 4.88 Å². The molecule has 18 heavy (non-hydrogen) atoms. The minimum Gasteiger partial charge on any atom is -0.373 e. The highest BCUT2D eigenvalue weighted by atomic mass is 32.1. The van der Waals surface area contributed by atoms with Gasteiger partial charge in [-0.3, -0.25) is 0 Å². The average Bonchev–Trinajstić information content (AvgIpc) is 2.86. The zero-order chi connectivity index (χ0) is 13.1. The van der Waals surface area contributed by atoms with E-state index in [-0.39, 0.29) is 0 Å². The third-order valence-corrected chi connectivity index (χ3v) is 4.05. The Bertz CT molecular complexity index is 532. The normalized spacial score (nSPS) is 10.9. The standard InChI is InChI=1S/C14H19N3S/c1-5-10-6-7-12(18-10)14-16-11(9(2)3)8-13(15-4)17-14/h6-9H,5H2,1-4H3,(H,15,16,17). The van der Waals surface area contributed by atoms with Crippen LogP contribution in [0.1, 0.15) is 37.3 Å². The van der Waals surface area contributed by atoms with Crippen molar-refractivity contribution in [2.24, 2.45) is 0 Å². The maximum Gasteiger partial charge on any atom is 0.171 e. The summed E-state index contributed by atoms with van der Waals surface area (Å²) in [5.74, 6) is 2.12. The van der Waals surface area contributed by atoms with Gasteiger partial charge < -0.3 is 5.32 Å². The minimum atomic E-state index is 0.407. The fourth-order valence-corrected chi connectivity index (χ4v) is 2.57. The molecule has 0 atom stereocenters. The molecule has 1 N–H and O–H groups in total. The third-order valence-electron chi connectivity index (χ3n) is 2.82. The quantitative estimate of drug-likeness (QED) is 0.906. The van der Waals surface area contributed by atoms with Gasteiger partial charge in [0.1, 0.15) is 5.82 Å². The minimum absolute atomic E-state index is 0.407. The lowest BCUT2D eigenvalue weighted by molar-refractivity contribution is 0.818. The van der Waals surface area contributed by atoms with Gasteiger partial charge in [0.2, 0.25) is 0 Å². The number of anilines is 1. The molecule has 0 saturated heterocycles. The molecule has 0 aliphatic heterocycles. The second-order valence-electron chi connectivity index (χ2n) is 4.53. The third kappa shape index (κ3) is 2.70. The lowest BCUT2D eigenvalue weighted by Gasteiger charge is -2.09.